The molecule has 3 fully saturated rings. The maximum absolute atomic E-state index is 6.03. The molecule has 4 nitrogen and oxygen atoms in total. The van der Waals surface area contributed by atoms with Crippen molar-refractivity contribution in [2.24, 2.45) is 17.3 Å². The van der Waals surface area contributed by atoms with Gasteiger partial charge in [0.25, 0.3) is 0 Å². The molecule has 4 rings (SSSR count). The number of aromatic nitrogens is 1. The lowest BCUT2D eigenvalue weighted by Gasteiger charge is -2.49. The summed E-state index contributed by atoms with van der Waals surface area (Å²) in [6, 6.07) is 0. The molecule has 1 aromatic rings. The topological polar surface area (TPSA) is 34.6 Å². The highest BCUT2D eigenvalue weighted by atomic mass is 32.1. The number of likely N-dealkylation sites (tertiary alicyclic amines) is 1. The van der Waals surface area contributed by atoms with Crippen LogP contribution in [0.15, 0.2) is 11.6 Å². The lowest BCUT2D eigenvalue weighted by Crippen LogP contribution is -2.49. The molecule has 0 aromatic carbocycles. The number of rotatable bonds is 6. The molecule has 2 saturated heterocycles. The van der Waals surface area contributed by atoms with Crippen molar-refractivity contribution in [1.29, 1.82) is 0 Å². The molecule has 0 bridgehead atoms. The highest BCUT2D eigenvalue weighted by Gasteiger charge is 2.43. The summed E-state index contributed by atoms with van der Waals surface area (Å²) in [7, 11) is 0. The number of hydrogen-bond acceptors (Lipinski definition) is 5. The molecule has 0 N–H and O–H groups in total. The van der Waals surface area contributed by atoms with Crippen molar-refractivity contribution >= 4 is 11.3 Å². The predicted octanol–water partition coefficient (Wildman–Crippen LogP) is 3.19. The second-order valence-corrected chi connectivity index (χ2v) is 8.55. The van der Waals surface area contributed by atoms with Gasteiger partial charge in [-0.15, -0.1) is 11.3 Å². The zero-order valence-electron chi connectivity index (χ0n) is 13.9. The monoisotopic (exact) mass is 336 g/mol. The molecule has 1 saturated carbocycles. The van der Waals surface area contributed by atoms with Crippen molar-refractivity contribution in [3.8, 4) is 0 Å². The molecule has 0 unspecified atom stereocenters. The second-order valence-electron chi connectivity index (χ2n) is 7.57. The first kappa shape index (κ1) is 16.0. The first-order valence-electron chi connectivity index (χ1n) is 9.10. The van der Waals surface area contributed by atoms with Crippen LogP contribution in [0.4, 0.5) is 0 Å². The zero-order chi connectivity index (χ0) is 15.5. The van der Waals surface area contributed by atoms with E-state index in [1.54, 1.807) is 11.3 Å². The fourth-order valence-electron chi connectivity index (χ4n) is 4.11. The van der Waals surface area contributed by atoms with Crippen molar-refractivity contribution in [3.63, 3.8) is 0 Å². The maximum Gasteiger partial charge on any atom is 0.107 e. The minimum Gasteiger partial charge on any atom is -0.381 e. The quantitative estimate of drug-likeness (QED) is 0.799. The molecular weight excluding hydrogens is 308 g/mol. The highest BCUT2D eigenvalue weighted by molar-refractivity contribution is 7.09. The van der Waals surface area contributed by atoms with Crippen molar-refractivity contribution in [2.45, 2.75) is 38.6 Å². The molecule has 1 spiro atoms. The van der Waals surface area contributed by atoms with E-state index in [1.165, 1.54) is 50.2 Å². The number of piperidine rings is 1. The lowest BCUT2D eigenvalue weighted by molar-refractivity contribution is -0.101. The van der Waals surface area contributed by atoms with Crippen LogP contribution in [0.2, 0.25) is 0 Å². The third kappa shape index (κ3) is 3.95. The summed E-state index contributed by atoms with van der Waals surface area (Å²) in [4.78, 5) is 7.00. The van der Waals surface area contributed by atoms with Gasteiger partial charge < -0.3 is 9.47 Å². The minimum atomic E-state index is 0.460. The Labute approximate surface area is 143 Å². The van der Waals surface area contributed by atoms with Gasteiger partial charge in [-0.3, -0.25) is 4.90 Å². The third-order valence-corrected chi connectivity index (χ3v) is 6.76. The Kier molecular flexibility index (Phi) is 4.99. The second kappa shape index (κ2) is 7.18. The number of ether oxygens (including phenoxy) is 2. The van der Waals surface area contributed by atoms with Gasteiger partial charge in [0.2, 0.25) is 0 Å². The molecule has 5 heteroatoms. The fraction of sp³-hybridized carbons (Fsp3) is 0.833. The Bertz CT molecular complexity index is 481. The molecular formula is C18H28N2O2S. The average Bonchev–Trinajstić information content (AvgIpc) is 3.26. The SMILES string of the molecule is c1csc(CN2CCC3(CCOC[C@@H]3COCC3CC3)CC2)n1. The number of thiazole rings is 1. The van der Waals surface area contributed by atoms with Crippen LogP contribution in [0.3, 0.4) is 0 Å². The molecule has 1 aliphatic carbocycles. The predicted molar refractivity (Wildman–Crippen MR) is 91.5 cm³/mol. The molecule has 1 aromatic heterocycles. The van der Waals surface area contributed by atoms with Gasteiger partial charge in [0.1, 0.15) is 5.01 Å². The summed E-state index contributed by atoms with van der Waals surface area (Å²) in [5.74, 6) is 1.45. The van der Waals surface area contributed by atoms with Crippen LogP contribution in [0.25, 0.3) is 0 Å². The lowest BCUT2D eigenvalue weighted by atomic mass is 9.66. The van der Waals surface area contributed by atoms with Gasteiger partial charge in [-0.1, -0.05) is 0 Å². The van der Waals surface area contributed by atoms with Crippen LogP contribution >= 0.6 is 11.3 Å². The largest absolute Gasteiger partial charge is 0.381 e. The molecule has 0 amide bonds. The normalized spacial score (nSPS) is 28.3. The van der Waals surface area contributed by atoms with Gasteiger partial charge in [-0.05, 0) is 56.5 Å². The Balaban J connectivity index is 1.30. The molecule has 3 aliphatic rings. The number of nitrogens with zero attached hydrogens (tertiary/aromatic N) is 2. The average molecular weight is 337 g/mol. The van der Waals surface area contributed by atoms with E-state index in [1.807, 2.05) is 6.20 Å². The van der Waals surface area contributed by atoms with Gasteiger partial charge >= 0.3 is 0 Å². The van der Waals surface area contributed by atoms with Crippen LogP contribution in [-0.4, -0.2) is 49.4 Å². The van der Waals surface area contributed by atoms with Gasteiger partial charge in [0, 0.05) is 30.7 Å². The van der Waals surface area contributed by atoms with E-state index < -0.39 is 0 Å². The summed E-state index contributed by atoms with van der Waals surface area (Å²) >= 11 is 1.77. The third-order valence-electron chi connectivity index (χ3n) is 5.99. The van der Waals surface area contributed by atoms with E-state index in [9.17, 15) is 0 Å². The van der Waals surface area contributed by atoms with E-state index >= 15 is 0 Å². The Hall–Kier alpha value is -0.490. The molecule has 128 valence electrons. The van der Waals surface area contributed by atoms with Crippen molar-refractivity contribution in [1.82, 2.24) is 9.88 Å². The standard InChI is InChI=1S/C18H28N2O2S/c1-2-15(1)12-22-14-16-13-21-9-5-18(16)3-7-20(8-4-18)11-17-19-6-10-23-17/h6,10,15-16H,1-5,7-9,11-14H2/t16-/m1/s1. The minimum absolute atomic E-state index is 0.460. The van der Waals surface area contributed by atoms with Gasteiger partial charge in [0.05, 0.1) is 19.8 Å². The van der Waals surface area contributed by atoms with Crippen molar-refractivity contribution in [2.75, 3.05) is 39.5 Å². The summed E-state index contributed by atoms with van der Waals surface area (Å²) in [5.41, 5.74) is 0.460. The van der Waals surface area contributed by atoms with Gasteiger partial charge in [-0.2, -0.15) is 0 Å². The first-order valence-corrected chi connectivity index (χ1v) is 9.98. The number of hydrogen-bond donors (Lipinski definition) is 0. The first-order chi connectivity index (χ1) is 11.3. The Morgan fingerprint density at radius 1 is 1.26 bits per heavy atom. The molecule has 3 heterocycles. The smallest absolute Gasteiger partial charge is 0.107 e. The molecule has 2 aliphatic heterocycles. The van der Waals surface area contributed by atoms with Crippen LogP contribution < -0.4 is 0 Å². The van der Waals surface area contributed by atoms with Gasteiger partial charge in [-0.25, -0.2) is 4.98 Å². The van der Waals surface area contributed by atoms with Gasteiger partial charge in [0.15, 0.2) is 0 Å². The maximum atomic E-state index is 6.03. The van der Waals surface area contributed by atoms with Crippen molar-refractivity contribution < 1.29 is 9.47 Å². The highest BCUT2D eigenvalue weighted by Crippen LogP contribution is 2.45. The van der Waals surface area contributed by atoms with E-state index in [0.717, 1.165) is 38.9 Å². The van der Waals surface area contributed by atoms with E-state index in [4.69, 9.17) is 9.47 Å². The van der Waals surface area contributed by atoms with Crippen molar-refractivity contribution in [3.05, 3.63) is 16.6 Å². The summed E-state index contributed by atoms with van der Waals surface area (Å²) < 4.78 is 11.8. The van der Waals surface area contributed by atoms with Crippen LogP contribution in [0.5, 0.6) is 0 Å². The summed E-state index contributed by atoms with van der Waals surface area (Å²) in [6.07, 6.45) is 8.46. The summed E-state index contributed by atoms with van der Waals surface area (Å²) in [5, 5.41) is 3.32. The van der Waals surface area contributed by atoms with E-state index in [0.29, 0.717) is 11.3 Å². The van der Waals surface area contributed by atoms with E-state index in [-0.39, 0.29) is 0 Å². The Morgan fingerprint density at radius 3 is 2.87 bits per heavy atom. The molecule has 1 atom stereocenters. The van der Waals surface area contributed by atoms with Crippen LogP contribution in [-0.2, 0) is 16.0 Å². The van der Waals surface area contributed by atoms with E-state index in [2.05, 4.69) is 15.3 Å². The molecule has 0 radical (unpaired) electrons. The Morgan fingerprint density at radius 2 is 2.13 bits per heavy atom. The van der Waals surface area contributed by atoms with Crippen LogP contribution in [0.1, 0.15) is 37.1 Å². The molecule has 23 heavy (non-hydrogen) atoms. The summed E-state index contributed by atoms with van der Waals surface area (Å²) in [6.45, 7) is 7.12. The van der Waals surface area contributed by atoms with Crippen LogP contribution in [0, 0.1) is 17.3 Å². The zero-order valence-corrected chi connectivity index (χ0v) is 14.7. The fourth-order valence-corrected chi connectivity index (χ4v) is 4.76.